The highest BCUT2D eigenvalue weighted by atomic mass is 16.5. The summed E-state index contributed by atoms with van der Waals surface area (Å²) in [7, 11) is 0. The van der Waals surface area contributed by atoms with Crippen molar-refractivity contribution in [2.24, 2.45) is 5.92 Å². The summed E-state index contributed by atoms with van der Waals surface area (Å²) in [5.41, 5.74) is 0.847. The van der Waals surface area contributed by atoms with E-state index in [2.05, 4.69) is 12.2 Å². The Morgan fingerprint density at radius 2 is 2.45 bits per heavy atom. The predicted octanol–water partition coefficient (Wildman–Crippen LogP) is 1.43. The van der Waals surface area contributed by atoms with Crippen LogP contribution in [0.3, 0.4) is 0 Å². The third-order valence-corrected chi connectivity index (χ3v) is 2.21. The van der Waals surface area contributed by atoms with Crippen molar-refractivity contribution in [3.8, 4) is 0 Å². The van der Waals surface area contributed by atoms with Gasteiger partial charge >= 0.3 is 5.97 Å². The first-order valence-electron chi connectivity index (χ1n) is 3.87. The molecule has 1 fully saturated rings. The largest absolute Gasteiger partial charge is 0.458 e. The molecular weight excluding hydrogens is 140 g/mol. The first-order valence-corrected chi connectivity index (χ1v) is 3.87. The normalized spacial score (nSPS) is 34.6. The molecule has 1 aliphatic heterocycles. The van der Waals surface area contributed by atoms with Gasteiger partial charge < -0.3 is 4.74 Å². The van der Waals surface area contributed by atoms with E-state index in [9.17, 15) is 4.79 Å². The van der Waals surface area contributed by atoms with Crippen LogP contribution in [0.1, 0.15) is 13.3 Å². The molecule has 1 aliphatic carbocycles. The average Bonchev–Trinajstić information content (AvgIpc) is 2.30. The smallest absolute Gasteiger partial charge is 0.334 e. The van der Waals surface area contributed by atoms with E-state index in [0.717, 1.165) is 12.0 Å². The first-order chi connectivity index (χ1) is 5.29. The number of allylic oxidation sites excluding steroid dienone is 2. The third-order valence-electron chi connectivity index (χ3n) is 2.21. The number of carbonyl (C=O) groups is 1. The SMILES string of the molecule is C[C@H]1OC(=O)C2=CCC=C[C@H]21. The van der Waals surface area contributed by atoms with Gasteiger partial charge in [0.2, 0.25) is 0 Å². The fourth-order valence-electron chi connectivity index (χ4n) is 1.60. The highest BCUT2D eigenvalue weighted by Gasteiger charge is 2.35. The second kappa shape index (κ2) is 2.22. The fraction of sp³-hybridized carbons (Fsp3) is 0.444. The van der Waals surface area contributed by atoms with E-state index in [4.69, 9.17) is 4.74 Å². The molecule has 0 spiro atoms. The number of rotatable bonds is 0. The van der Waals surface area contributed by atoms with Crippen molar-refractivity contribution < 1.29 is 9.53 Å². The van der Waals surface area contributed by atoms with Crippen molar-refractivity contribution in [1.29, 1.82) is 0 Å². The number of fused-ring (bicyclic) bond motifs is 1. The number of esters is 1. The second-order valence-corrected chi connectivity index (χ2v) is 2.96. The molecule has 2 atom stereocenters. The summed E-state index contributed by atoms with van der Waals surface area (Å²) in [4.78, 5) is 11.1. The van der Waals surface area contributed by atoms with Crippen LogP contribution in [0.25, 0.3) is 0 Å². The lowest BCUT2D eigenvalue weighted by atomic mass is 9.92. The monoisotopic (exact) mass is 150 g/mol. The summed E-state index contributed by atoms with van der Waals surface area (Å²) < 4.78 is 5.05. The van der Waals surface area contributed by atoms with Gasteiger partial charge in [-0.3, -0.25) is 0 Å². The second-order valence-electron chi connectivity index (χ2n) is 2.96. The molecule has 0 aromatic rings. The van der Waals surface area contributed by atoms with Gasteiger partial charge in [0.05, 0.1) is 0 Å². The minimum atomic E-state index is -0.133. The van der Waals surface area contributed by atoms with E-state index < -0.39 is 0 Å². The van der Waals surface area contributed by atoms with Crippen LogP contribution in [-0.2, 0) is 9.53 Å². The molecule has 1 heterocycles. The molecule has 0 radical (unpaired) electrons. The lowest BCUT2D eigenvalue weighted by Crippen LogP contribution is -2.10. The van der Waals surface area contributed by atoms with Gasteiger partial charge in [0.1, 0.15) is 6.10 Å². The summed E-state index contributed by atoms with van der Waals surface area (Å²) in [5.74, 6) is 0.0862. The van der Waals surface area contributed by atoms with Crippen LogP contribution in [-0.4, -0.2) is 12.1 Å². The highest BCUT2D eigenvalue weighted by Crippen LogP contribution is 2.31. The Labute approximate surface area is 65.5 Å². The molecule has 0 aromatic heterocycles. The van der Waals surface area contributed by atoms with Crippen LogP contribution in [0.5, 0.6) is 0 Å². The molecule has 11 heavy (non-hydrogen) atoms. The van der Waals surface area contributed by atoms with Gasteiger partial charge in [-0.25, -0.2) is 4.79 Å². The Morgan fingerprint density at radius 3 is 3.18 bits per heavy atom. The zero-order valence-corrected chi connectivity index (χ0v) is 6.41. The molecule has 0 amide bonds. The number of hydrogen-bond acceptors (Lipinski definition) is 2. The van der Waals surface area contributed by atoms with Gasteiger partial charge in [-0.05, 0) is 13.3 Å². The standard InChI is InChI=1S/C9H10O2/c1-6-7-4-2-3-5-8(7)9(10)11-6/h2,4-7H,3H2,1H3/t6-,7+/m1/s1. The molecule has 0 unspecified atom stereocenters. The van der Waals surface area contributed by atoms with Crippen LogP contribution in [0.15, 0.2) is 23.8 Å². The molecule has 58 valence electrons. The van der Waals surface area contributed by atoms with E-state index in [1.165, 1.54) is 0 Å². The van der Waals surface area contributed by atoms with E-state index in [1.54, 1.807) is 0 Å². The first kappa shape index (κ1) is 6.65. The van der Waals surface area contributed by atoms with E-state index >= 15 is 0 Å². The summed E-state index contributed by atoms with van der Waals surface area (Å²) in [6.45, 7) is 1.93. The van der Waals surface area contributed by atoms with Crippen LogP contribution in [0.4, 0.5) is 0 Å². The minimum absolute atomic E-state index is 0.0327. The molecule has 2 heteroatoms. The summed E-state index contributed by atoms with van der Waals surface area (Å²) in [6, 6.07) is 0. The van der Waals surface area contributed by atoms with Gasteiger partial charge in [0.15, 0.2) is 0 Å². The fourth-order valence-corrected chi connectivity index (χ4v) is 1.60. The zero-order valence-electron chi connectivity index (χ0n) is 6.41. The van der Waals surface area contributed by atoms with Gasteiger partial charge in [0, 0.05) is 11.5 Å². The maximum atomic E-state index is 11.1. The quantitative estimate of drug-likeness (QED) is 0.385. The maximum Gasteiger partial charge on any atom is 0.334 e. The van der Waals surface area contributed by atoms with Crippen molar-refractivity contribution >= 4 is 5.97 Å². The topological polar surface area (TPSA) is 26.3 Å². The summed E-state index contributed by atoms with van der Waals surface area (Å²) in [5, 5.41) is 0. The van der Waals surface area contributed by atoms with E-state index in [1.807, 2.05) is 13.0 Å². The van der Waals surface area contributed by atoms with E-state index in [0.29, 0.717) is 0 Å². The van der Waals surface area contributed by atoms with Crippen molar-refractivity contribution in [3.63, 3.8) is 0 Å². The maximum absolute atomic E-state index is 11.1. The number of carbonyl (C=O) groups excluding carboxylic acids is 1. The van der Waals surface area contributed by atoms with Crippen LogP contribution in [0.2, 0.25) is 0 Å². The Morgan fingerprint density at radius 1 is 1.64 bits per heavy atom. The molecule has 0 bridgehead atoms. The number of hydrogen-bond donors (Lipinski definition) is 0. The van der Waals surface area contributed by atoms with Crippen LogP contribution >= 0.6 is 0 Å². The zero-order chi connectivity index (χ0) is 7.84. The predicted molar refractivity (Wildman–Crippen MR) is 40.9 cm³/mol. The minimum Gasteiger partial charge on any atom is -0.458 e. The van der Waals surface area contributed by atoms with Crippen molar-refractivity contribution in [3.05, 3.63) is 23.8 Å². The number of cyclic esters (lactones) is 1. The van der Waals surface area contributed by atoms with E-state index in [-0.39, 0.29) is 18.0 Å². The molecule has 0 aromatic carbocycles. The van der Waals surface area contributed by atoms with Gasteiger partial charge in [-0.1, -0.05) is 18.2 Å². The lowest BCUT2D eigenvalue weighted by molar-refractivity contribution is -0.138. The Bertz CT molecular complexity index is 250. The van der Waals surface area contributed by atoms with Crippen molar-refractivity contribution in [2.75, 3.05) is 0 Å². The molecule has 2 rings (SSSR count). The molecular formula is C9H10O2. The van der Waals surface area contributed by atoms with Crippen LogP contribution in [0, 0.1) is 5.92 Å². The Kier molecular flexibility index (Phi) is 1.34. The third kappa shape index (κ3) is 0.897. The summed E-state index contributed by atoms with van der Waals surface area (Å²) >= 11 is 0. The lowest BCUT2D eigenvalue weighted by Gasteiger charge is -2.10. The highest BCUT2D eigenvalue weighted by molar-refractivity contribution is 5.92. The number of ether oxygens (including phenoxy) is 1. The molecule has 1 saturated heterocycles. The van der Waals surface area contributed by atoms with Crippen molar-refractivity contribution in [2.45, 2.75) is 19.4 Å². The Hall–Kier alpha value is -1.05. The van der Waals surface area contributed by atoms with Gasteiger partial charge in [-0.2, -0.15) is 0 Å². The Balaban J connectivity index is 2.34. The molecule has 0 N–H and O–H groups in total. The average molecular weight is 150 g/mol. The molecule has 2 aliphatic rings. The molecule has 0 saturated carbocycles. The molecule has 2 nitrogen and oxygen atoms in total. The summed E-state index contributed by atoms with van der Waals surface area (Å²) in [6.07, 6.45) is 6.99. The van der Waals surface area contributed by atoms with Crippen molar-refractivity contribution in [1.82, 2.24) is 0 Å². The van der Waals surface area contributed by atoms with Crippen LogP contribution < -0.4 is 0 Å². The van der Waals surface area contributed by atoms with Gasteiger partial charge in [0.25, 0.3) is 0 Å². The van der Waals surface area contributed by atoms with Gasteiger partial charge in [-0.15, -0.1) is 0 Å².